The molecule has 106 valence electrons. The quantitative estimate of drug-likeness (QED) is 0.806. The molecular weight excluding hydrogens is 270 g/mol. The molecule has 0 spiro atoms. The number of fused-ring (bicyclic) bond motifs is 1. The van der Waals surface area contributed by atoms with Crippen molar-refractivity contribution in [1.82, 2.24) is 19.3 Å². The van der Waals surface area contributed by atoms with Gasteiger partial charge in [0.25, 0.3) is 0 Å². The summed E-state index contributed by atoms with van der Waals surface area (Å²) in [6.07, 6.45) is 0.866. The van der Waals surface area contributed by atoms with Crippen molar-refractivity contribution in [3.8, 4) is 0 Å². The minimum absolute atomic E-state index is 0.561. The van der Waals surface area contributed by atoms with Gasteiger partial charge in [-0.15, -0.1) is 11.3 Å². The van der Waals surface area contributed by atoms with E-state index in [9.17, 15) is 0 Å². The second kappa shape index (κ2) is 4.63. The van der Waals surface area contributed by atoms with Gasteiger partial charge in [-0.3, -0.25) is 9.25 Å². The molecule has 3 aromatic rings. The normalized spacial score (nSPS) is 11.6. The molecule has 0 bridgehead atoms. The molecule has 0 aliphatic carbocycles. The molecule has 0 aromatic carbocycles. The zero-order chi connectivity index (χ0) is 14.4. The molecule has 5 nitrogen and oxygen atoms in total. The van der Waals surface area contributed by atoms with Gasteiger partial charge in [-0.1, -0.05) is 6.92 Å². The molecule has 0 atom stereocenters. The smallest absolute Gasteiger partial charge is 0.202 e. The molecule has 2 N–H and O–H groups in total. The Morgan fingerprint density at radius 3 is 2.70 bits per heavy atom. The van der Waals surface area contributed by atoms with Crippen molar-refractivity contribution in [3.05, 3.63) is 27.1 Å². The Labute approximate surface area is 122 Å². The van der Waals surface area contributed by atoms with Gasteiger partial charge >= 0.3 is 0 Å². The molecule has 0 saturated carbocycles. The Hall–Kier alpha value is -1.82. The predicted octanol–water partition coefficient (Wildman–Crippen LogP) is 2.64. The summed E-state index contributed by atoms with van der Waals surface area (Å²) >= 11 is 1.81. The van der Waals surface area contributed by atoms with Gasteiger partial charge in [-0.2, -0.15) is 5.10 Å². The fourth-order valence-corrected chi connectivity index (χ4v) is 3.58. The van der Waals surface area contributed by atoms with Gasteiger partial charge in [-0.25, -0.2) is 4.98 Å². The van der Waals surface area contributed by atoms with E-state index in [1.807, 2.05) is 27.6 Å². The first-order valence-corrected chi connectivity index (χ1v) is 7.56. The second-order valence-corrected chi connectivity index (χ2v) is 6.45. The van der Waals surface area contributed by atoms with E-state index in [-0.39, 0.29) is 0 Å². The van der Waals surface area contributed by atoms with Crippen LogP contribution in [-0.4, -0.2) is 19.3 Å². The van der Waals surface area contributed by atoms with Crippen LogP contribution < -0.4 is 5.73 Å². The summed E-state index contributed by atoms with van der Waals surface area (Å²) in [5.74, 6) is 0.561. The summed E-state index contributed by atoms with van der Waals surface area (Å²) < 4.78 is 3.93. The first-order chi connectivity index (χ1) is 9.51. The molecule has 0 radical (unpaired) electrons. The van der Waals surface area contributed by atoms with Crippen LogP contribution in [0.5, 0.6) is 0 Å². The van der Waals surface area contributed by atoms with E-state index >= 15 is 0 Å². The van der Waals surface area contributed by atoms with Crippen LogP contribution in [0.3, 0.4) is 0 Å². The molecule has 20 heavy (non-hydrogen) atoms. The molecule has 0 fully saturated rings. The highest BCUT2D eigenvalue weighted by Gasteiger charge is 2.17. The third kappa shape index (κ3) is 1.91. The van der Waals surface area contributed by atoms with E-state index in [0.717, 1.165) is 29.8 Å². The van der Waals surface area contributed by atoms with E-state index in [2.05, 4.69) is 36.9 Å². The topological polar surface area (TPSA) is 61.7 Å². The number of nitrogen functional groups attached to an aromatic ring is 1. The molecule has 0 amide bonds. The molecule has 6 heteroatoms. The summed E-state index contributed by atoms with van der Waals surface area (Å²) in [6.45, 7) is 7.13. The van der Waals surface area contributed by atoms with E-state index < -0.39 is 0 Å². The van der Waals surface area contributed by atoms with Gasteiger partial charge in [0, 0.05) is 16.8 Å². The van der Waals surface area contributed by atoms with Crippen molar-refractivity contribution in [2.24, 2.45) is 7.05 Å². The number of anilines is 1. The fourth-order valence-electron chi connectivity index (χ4n) is 2.54. The Bertz CT molecular complexity index is 758. The van der Waals surface area contributed by atoms with Gasteiger partial charge in [0.15, 0.2) is 5.65 Å². The lowest BCUT2D eigenvalue weighted by atomic mass is 10.3. The number of aromatic nitrogens is 4. The highest BCUT2D eigenvalue weighted by molar-refractivity contribution is 7.12. The first kappa shape index (κ1) is 13.2. The highest BCUT2D eigenvalue weighted by Crippen LogP contribution is 2.26. The predicted molar refractivity (Wildman–Crippen MR) is 83.2 cm³/mol. The fraction of sp³-hybridized carbons (Fsp3) is 0.429. The van der Waals surface area contributed by atoms with Crippen molar-refractivity contribution in [2.45, 2.75) is 33.7 Å². The lowest BCUT2D eigenvalue weighted by molar-refractivity contribution is 0.722. The molecule has 0 aliphatic heterocycles. The highest BCUT2D eigenvalue weighted by atomic mass is 32.1. The number of aryl methyl sites for hydroxylation is 4. The molecular formula is C14H19N5S. The molecule has 0 saturated heterocycles. The average molecular weight is 289 g/mol. The summed E-state index contributed by atoms with van der Waals surface area (Å²) in [6, 6.07) is 2.22. The number of nitrogens with zero attached hydrogens (tertiary/aromatic N) is 4. The third-order valence-electron chi connectivity index (χ3n) is 3.69. The van der Waals surface area contributed by atoms with Gasteiger partial charge in [0.05, 0.1) is 12.2 Å². The summed E-state index contributed by atoms with van der Waals surface area (Å²) in [5, 5.41) is 4.52. The Balaban J connectivity index is 2.11. The molecule has 0 aliphatic rings. The Morgan fingerprint density at radius 1 is 1.35 bits per heavy atom. The Kier molecular flexibility index (Phi) is 3.05. The maximum atomic E-state index is 6.10. The molecule has 3 rings (SSSR count). The number of nitrogens with two attached hydrogens (primary N) is 1. The van der Waals surface area contributed by atoms with Crippen molar-refractivity contribution in [3.63, 3.8) is 0 Å². The summed E-state index contributed by atoms with van der Waals surface area (Å²) in [4.78, 5) is 7.14. The lowest BCUT2D eigenvalue weighted by Gasteiger charge is -2.04. The monoisotopic (exact) mass is 289 g/mol. The number of thiophene rings is 1. The van der Waals surface area contributed by atoms with Crippen LogP contribution in [0.1, 0.15) is 27.9 Å². The Morgan fingerprint density at radius 2 is 2.10 bits per heavy atom. The summed E-state index contributed by atoms with van der Waals surface area (Å²) in [7, 11) is 1.95. The summed E-state index contributed by atoms with van der Waals surface area (Å²) in [5.41, 5.74) is 10.4. The second-order valence-electron chi connectivity index (χ2n) is 5.10. The van der Waals surface area contributed by atoms with Gasteiger partial charge in [-0.05, 0) is 31.9 Å². The molecule has 3 aromatic heterocycles. The van der Waals surface area contributed by atoms with Crippen molar-refractivity contribution >= 4 is 28.4 Å². The molecule has 0 unspecified atom stereocenters. The lowest BCUT2D eigenvalue weighted by Crippen LogP contribution is -2.07. The zero-order valence-corrected chi connectivity index (χ0v) is 13.1. The maximum Gasteiger partial charge on any atom is 0.202 e. The third-order valence-corrected chi connectivity index (χ3v) is 4.82. The standard InChI is InChI=1S/C14H19N5S/c1-5-11-12-13(18(4)17-11)19(14(15)16-12)7-10-6-8(2)9(3)20-10/h6H,5,7H2,1-4H3,(H2,15,16). The number of imidazole rings is 1. The van der Waals surface area contributed by atoms with Crippen LogP contribution >= 0.6 is 11.3 Å². The minimum Gasteiger partial charge on any atom is -0.369 e. The van der Waals surface area contributed by atoms with Crippen LogP contribution in [-0.2, 0) is 20.0 Å². The number of hydrogen-bond acceptors (Lipinski definition) is 4. The van der Waals surface area contributed by atoms with Crippen molar-refractivity contribution in [1.29, 1.82) is 0 Å². The number of hydrogen-bond donors (Lipinski definition) is 1. The van der Waals surface area contributed by atoms with Gasteiger partial charge < -0.3 is 5.73 Å². The van der Waals surface area contributed by atoms with E-state index in [1.54, 1.807) is 0 Å². The largest absolute Gasteiger partial charge is 0.369 e. The minimum atomic E-state index is 0.561. The van der Waals surface area contributed by atoms with Crippen molar-refractivity contribution < 1.29 is 0 Å². The SMILES string of the molecule is CCc1nn(C)c2c1nc(N)n2Cc1cc(C)c(C)s1. The van der Waals surface area contributed by atoms with Crippen LogP contribution in [0, 0.1) is 13.8 Å². The van der Waals surface area contributed by atoms with E-state index in [4.69, 9.17) is 5.73 Å². The van der Waals surface area contributed by atoms with Gasteiger partial charge in [0.2, 0.25) is 5.95 Å². The van der Waals surface area contributed by atoms with Crippen LogP contribution in [0.2, 0.25) is 0 Å². The van der Waals surface area contributed by atoms with Crippen LogP contribution in [0.4, 0.5) is 5.95 Å². The van der Waals surface area contributed by atoms with Crippen LogP contribution in [0.25, 0.3) is 11.2 Å². The van der Waals surface area contributed by atoms with Crippen LogP contribution in [0.15, 0.2) is 6.07 Å². The van der Waals surface area contributed by atoms with E-state index in [1.165, 1.54) is 15.3 Å². The van der Waals surface area contributed by atoms with Crippen molar-refractivity contribution in [2.75, 3.05) is 5.73 Å². The number of rotatable bonds is 3. The zero-order valence-electron chi connectivity index (χ0n) is 12.3. The molecule has 3 heterocycles. The average Bonchev–Trinajstić information content (AvgIpc) is 2.98. The van der Waals surface area contributed by atoms with Gasteiger partial charge in [0.1, 0.15) is 5.52 Å². The maximum absolute atomic E-state index is 6.10. The van der Waals surface area contributed by atoms with E-state index in [0.29, 0.717) is 5.95 Å². The first-order valence-electron chi connectivity index (χ1n) is 6.74.